The van der Waals surface area contributed by atoms with Gasteiger partial charge in [-0.15, -0.1) is 0 Å². The fraction of sp³-hybridized carbons (Fsp3) is 1.00. The molecule has 0 aliphatic rings. The molecule has 0 aromatic carbocycles. The molecule has 0 rings (SSSR count). The normalized spacial score (nSPS) is 14.4. The van der Waals surface area contributed by atoms with Gasteiger partial charge in [-0.2, -0.15) is 0 Å². The maximum absolute atomic E-state index is 6.51. The first-order chi connectivity index (χ1) is 11.3. The Morgan fingerprint density at radius 2 is 1.42 bits per heavy atom. The number of hydrogen-bond acceptors (Lipinski definition) is 2. The van der Waals surface area contributed by atoms with E-state index in [0.717, 1.165) is 31.1 Å². The largest absolute Gasteiger partial charge is 0.394 e. The summed E-state index contributed by atoms with van der Waals surface area (Å²) in [4.78, 5) is 0. The maximum atomic E-state index is 6.51. The minimum Gasteiger partial charge on any atom is -0.394 e. The van der Waals surface area contributed by atoms with Gasteiger partial charge in [0, 0.05) is 18.3 Å². The highest BCUT2D eigenvalue weighted by Gasteiger charge is 2.52. The van der Waals surface area contributed by atoms with E-state index < -0.39 is 8.56 Å². The van der Waals surface area contributed by atoms with Crippen LogP contribution in [-0.4, -0.2) is 21.8 Å². The topological polar surface area (TPSA) is 18.5 Å². The Hall–Kier alpha value is 0.137. The van der Waals surface area contributed by atoms with Crippen molar-refractivity contribution >= 4 is 8.56 Å². The molecule has 1 unspecified atom stereocenters. The van der Waals surface area contributed by atoms with E-state index in [1.807, 2.05) is 0 Å². The van der Waals surface area contributed by atoms with Gasteiger partial charge in [0.15, 0.2) is 0 Å². The number of hydrogen-bond donors (Lipinski definition) is 0. The quantitative estimate of drug-likeness (QED) is 0.225. The fourth-order valence-corrected chi connectivity index (χ4v) is 8.70. The molecule has 2 nitrogen and oxygen atoms in total. The van der Waals surface area contributed by atoms with Crippen molar-refractivity contribution in [1.82, 2.24) is 0 Å². The first-order valence-corrected chi connectivity index (χ1v) is 12.6. The third-order valence-electron chi connectivity index (χ3n) is 5.66. The van der Waals surface area contributed by atoms with Gasteiger partial charge >= 0.3 is 8.56 Å². The Labute approximate surface area is 154 Å². The van der Waals surface area contributed by atoms with Crippen LogP contribution in [0, 0.1) is 11.8 Å². The molecule has 1 atom stereocenters. The Kier molecular flexibility index (Phi) is 12.6. The van der Waals surface area contributed by atoms with Crippen LogP contribution in [0.4, 0.5) is 0 Å². The zero-order valence-corrected chi connectivity index (χ0v) is 19.0. The average molecular weight is 359 g/mol. The van der Waals surface area contributed by atoms with Gasteiger partial charge in [0.05, 0.1) is 0 Å². The molecule has 0 radical (unpaired) electrons. The molecule has 0 aliphatic heterocycles. The minimum absolute atomic E-state index is 0.160. The van der Waals surface area contributed by atoms with Crippen molar-refractivity contribution in [2.45, 2.75) is 111 Å². The lowest BCUT2D eigenvalue weighted by atomic mass is 9.93. The van der Waals surface area contributed by atoms with E-state index in [1.54, 1.807) is 0 Å². The van der Waals surface area contributed by atoms with E-state index in [-0.39, 0.29) is 5.04 Å². The summed E-state index contributed by atoms with van der Waals surface area (Å²) in [6.45, 7) is 20.0. The second-order valence-corrected chi connectivity index (χ2v) is 12.0. The summed E-state index contributed by atoms with van der Waals surface area (Å²) in [6.07, 6.45) is 9.05. The van der Waals surface area contributed by atoms with Gasteiger partial charge in [0.2, 0.25) is 0 Å². The molecule has 0 saturated carbocycles. The lowest BCUT2D eigenvalue weighted by molar-refractivity contribution is 0.143. The molecular weight excluding hydrogens is 312 g/mol. The minimum atomic E-state index is -2.24. The van der Waals surface area contributed by atoms with Gasteiger partial charge in [-0.25, -0.2) is 0 Å². The second kappa shape index (κ2) is 12.5. The van der Waals surface area contributed by atoms with E-state index in [2.05, 4.69) is 55.4 Å². The highest BCUT2D eigenvalue weighted by atomic mass is 28.4. The van der Waals surface area contributed by atoms with Crippen LogP contribution in [0.25, 0.3) is 0 Å². The van der Waals surface area contributed by atoms with Crippen LogP contribution in [0.3, 0.4) is 0 Å². The van der Waals surface area contributed by atoms with Crippen LogP contribution in [0.5, 0.6) is 0 Å². The van der Waals surface area contributed by atoms with Crippen molar-refractivity contribution in [3.05, 3.63) is 0 Å². The van der Waals surface area contributed by atoms with Crippen molar-refractivity contribution in [3.8, 4) is 0 Å². The molecule has 0 aliphatic carbocycles. The summed E-state index contributed by atoms with van der Waals surface area (Å²) in [7, 11) is -2.24. The number of unbranched alkanes of at least 4 members (excludes halogenated alkanes) is 2. The van der Waals surface area contributed by atoms with Gasteiger partial charge in [0.25, 0.3) is 0 Å². The molecule has 146 valence electrons. The molecule has 0 amide bonds. The van der Waals surface area contributed by atoms with E-state index in [1.165, 1.54) is 44.9 Å². The lowest BCUT2D eigenvalue weighted by Gasteiger charge is -2.45. The van der Waals surface area contributed by atoms with Gasteiger partial charge < -0.3 is 8.85 Å². The predicted octanol–water partition coefficient (Wildman–Crippen LogP) is 7.32. The molecule has 3 heteroatoms. The Bertz CT molecular complexity index is 294. The predicted molar refractivity (Wildman–Crippen MR) is 110 cm³/mol. The van der Waals surface area contributed by atoms with Crippen LogP contribution in [0.1, 0.15) is 100 Å². The van der Waals surface area contributed by atoms with E-state index in [9.17, 15) is 0 Å². The summed E-state index contributed by atoms with van der Waals surface area (Å²) >= 11 is 0. The molecule has 0 heterocycles. The molecule has 0 spiro atoms. The summed E-state index contributed by atoms with van der Waals surface area (Å²) in [5.74, 6) is 1.48. The van der Waals surface area contributed by atoms with Crippen molar-refractivity contribution in [2.24, 2.45) is 11.8 Å². The summed E-state index contributed by atoms with van der Waals surface area (Å²) in [6, 6.07) is 1.15. The Morgan fingerprint density at radius 1 is 0.875 bits per heavy atom. The van der Waals surface area contributed by atoms with Gasteiger partial charge in [-0.1, -0.05) is 80.1 Å². The molecule has 0 bridgehead atoms. The summed E-state index contributed by atoms with van der Waals surface area (Å²) in [5.41, 5.74) is 0. The standard InChI is InChI=1S/C21H46O2Si/c1-9-14-15-16-19(6)17-21(7,8)24(22-12-4,23-13-5)18-20(10-2)11-3/h19-20H,9-18H2,1-8H3. The summed E-state index contributed by atoms with van der Waals surface area (Å²) in [5, 5.41) is 0.160. The third-order valence-corrected chi connectivity index (χ3v) is 10.5. The Balaban J connectivity index is 5.24. The monoisotopic (exact) mass is 358 g/mol. The van der Waals surface area contributed by atoms with Crippen LogP contribution < -0.4 is 0 Å². The van der Waals surface area contributed by atoms with Crippen LogP contribution >= 0.6 is 0 Å². The molecule has 0 aromatic rings. The SMILES string of the molecule is CCCCCC(C)CC(C)(C)[Si](CC(CC)CC)(OCC)OCC. The third kappa shape index (κ3) is 7.57. The van der Waals surface area contributed by atoms with Crippen molar-refractivity contribution in [1.29, 1.82) is 0 Å². The fourth-order valence-electron chi connectivity index (χ4n) is 4.12. The molecule has 0 aromatic heterocycles. The first-order valence-electron chi connectivity index (χ1n) is 10.6. The van der Waals surface area contributed by atoms with Crippen LogP contribution in [0.2, 0.25) is 11.1 Å². The molecule has 24 heavy (non-hydrogen) atoms. The summed E-state index contributed by atoms with van der Waals surface area (Å²) < 4.78 is 13.0. The van der Waals surface area contributed by atoms with Crippen molar-refractivity contribution in [3.63, 3.8) is 0 Å². The average Bonchev–Trinajstić information content (AvgIpc) is 2.52. The Morgan fingerprint density at radius 3 is 1.83 bits per heavy atom. The van der Waals surface area contributed by atoms with Gasteiger partial charge in [0.1, 0.15) is 0 Å². The lowest BCUT2D eigenvalue weighted by Crippen LogP contribution is -2.53. The van der Waals surface area contributed by atoms with E-state index >= 15 is 0 Å². The van der Waals surface area contributed by atoms with Crippen molar-refractivity contribution in [2.75, 3.05) is 13.2 Å². The van der Waals surface area contributed by atoms with Gasteiger partial charge in [-0.05, 0) is 38.1 Å². The van der Waals surface area contributed by atoms with Crippen LogP contribution in [0.15, 0.2) is 0 Å². The zero-order valence-electron chi connectivity index (χ0n) is 18.0. The van der Waals surface area contributed by atoms with E-state index in [0.29, 0.717) is 0 Å². The molecule has 0 N–H and O–H groups in total. The maximum Gasteiger partial charge on any atom is 0.344 e. The molecule has 0 fully saturated rings. The number of rotatable bonds is 15. The van der Waals surface area contributed by atoms with Crippen molar-refractivity contribution < 1.29 is 8.85 Å². The second-order valence-electron chi connectivity index (χ2n) is 8.19. The van der Waals surface area contributed by atoms with E-state index in [4.69, 9.17) is 8.85 Å². The molecular formula is C21H46O2Si. The van der Waals surface area contributed by atoms with Crippen LogP contribution in [-0.2, 0) is 8.85 Å². The van der Waals surface area contributed by atoms with Gasteiger partial charge in [-0.3, -0.25) is 0 Å². The first kappa shape index (κ1) is 24.1. The smallest absolute Gasteiger partial charge is 0.344 e. The molecule has 0 saturated heterocycles. The zero-order chi connectivity index (χ0) is 18.6. The highest BCUT2D eigenvalue weighted by molar-refractivity contribution is 6.70. The highest BCUT2D eigenvalue weighted by Crippen LogP contribution is 2.48.